The van der Waals surface area contributed by atoms with E-state index in [2.05, 4.69) is 22.3 Å². The summed E-state index contributed by atoms with van der Waals surface area (Å²) < 4.78 is 1.43. The van der Waals surface area contributed by atoms with Crippen LogP contribution in [0.3, 0.4) is 0 Å². The number of carbonyl (C=O) groups excluding carboxylic acids is 1. The van der Waals surface area contributed by atoms with Gasteiger partial charge >= 0.3 is 0 Å². The standard InChI is InChI=1S/C9H15N5O/c1-9(2-3-9)5-11-7(15)4-14-6-12-8(10)13-14/h6H,2-5H2,1H3,(H2,10,13)(H,11,15). The van der Waals surface area contributed by atoms with Crippen LogP contribution in [-0.4, -0.2) is 27.2 Å². The fourth-order valence-electron chi connectivity index (χ4n) is 1.29. The molecule has 1 heterocycles. The Labute approximate surface area is 87.9 Å². The first-order valence-corrected chi connectivity index (χ1v) is 4.99. The quantitative estimate of drug-likeness (QED) is 0.717. The second-order valence-corrected chi connectivity index (χ2v) is 4.39. The summed E-state index contributed by atoms with van der Waals surface area (Å²) in [7, 11) is 0. The zero-order valence-corrected chi connectivity index (χ0v) is 8.73. The van der Waals surface area contributed by atoms with E-state index in [0.29, 0.717) is 5.41 Å². The van der Waals surface area contributed by atoms with Crippen LogP contribution < -0.4 is 11.1 Å². The summed E-state index contributed by atoms with van der Waals surface area (Å²) in [5, 5.41) is 6.71. The number of carbonyl (C=O) groups is 1. The Hall–Kier alpha value is -1.59. The SMILES string of the molecule is CC1(CNC(=O)Cn2cnc(N)n2)CC1. The van der Waals surface area contributed by atoms with Crippen LogP contribution in [0.25, 0.3) is 0 Å². The first-order valence-electron chi connectivity index (χ1n) is 4.99. The van der Waals surface area contributed by atoms with Crippen LogP contribution in [0.5, 0.6) is 0 Å². The molecular formula is C9H15N5O. The van der Waals surface area contributed by atoms with Crippen molar-refractivity contribution in [2.45, 2.75) is 26.3 Å². The van der Waals surface area contributed by atoms with Gasteiger partial charge < -0.3 is 11.1 Å². The number of rotatable bonds is 4. The number of hydrogen-bond donors (Lipinski definition) is 2. The molecule has 1 fully saturated rings. The normalized spacial score (nSPS) is 17.4. The monoisotopic (exact) mass is 209 g/mol. The Kier molecular flexibility index (Phi) is 2.34. The third-order valence-electron chi connectivity index (χ3n) is 2.68. The van der Waals surface area contributed by atoms with Crippen molar-refractivity contribution < 1.29 is 4.79 Å². The number of nitrogen functional groups attached to an aromatic ring is 1. The smallest absolute Gasteiger partial charge is 0.241 e. The highest BCUT2D eigenvalue weighted by Gasteiger charge is 2.37. The molecule has 1 aliphatic rings. The minimum atomic E-state index is -0.0481. The predicted molar refractivity (Wildman–Crippen MR) is 54.8 cm³/mol. The summed E-state index contributed by atoms with van der Waals surface area (Å²) in [6.45, 7) is 3.09. The van der Waals surface area contributed by atoms with Crippen molar-refractivity contribution in [3.05, 3.63) is 6.33 Å². The number of anilines is 1. The lowest BCUT2D eigenvalue weighted by Crippen LogP contribution is -2.32. The van der Waals surface area contributed by atoms with Gasteiger partial charge in [0.05, 0.1) is 0 Å². The second kappa shape index (κ2) is 3.52. The van der Waals surface area contributed by atoms with Gasteiger partial charge in [-0.25, -0.2) is 9.67 Å². The van der Waals surface area contributed by atoms with Gasteiger partial charge in [-0.1, -0.05) is 6.92 Å². The zero-order valence-electron chi connectivity index (χ0n) is 8.73. The number of nitrogens with zero attached hydrogens (tertiary/aromatic N) is 3. The zero-order chi connectivity index (χ0) is 10.9. The molecule has 3 N–H and O–H groups in total. The van der Waals surface area contributed by atoms with Gasteiger partial charge in [0.25, 0.3) is 0 Å². The molecule has 0 spiro atoms. The average Bonchev–Trinajstić information content (AvgIpc) is 2.78. The van der Waals surface area contributed by atoms with Crippen LogP contribution in [0, 0.1) is 5.41 Å². The van der Waals surface area contributed by atoms with Crippen molar-refractivity contribution in [2.24, 2.45) is 5.41 Å². The Morgan fingerprint density at radius 2 is 2.47 bits per heavy atom. The summed E-state index contributed by atoms with van der Waals surface area (Å²) in [5.74, 6) is 0.143. The third kappa shape index (κ3) is 2.68. The first-order chi connectivity index (χ1) is 7.07. The van der Waals surface area contributed by atoms with Crippen molar-refractivity contribution in [3.8, 4) is 0 Å². The lowest BCUT2D eigenvalue weighted by atomic mass is 10.1. The Morgan fingerprint density at radius 1 is 1.73 bits per heavy atom. The average molecular weight is 209 g/mol. The lowest BCUT2D eigenvalue weighted by Gasteiger charge is -2.09. The van der Waals surface area contributed by atoms with Crippen LogP contribution >= 0.6 is 0 Å². The van der Waals surface area contributed by atoms with Gasteiger partial charge in [-0.15, -0.1) is 5.10 Å². The topological polar surface area (TPSA) is 85.8 Å². The number of amides is 1. The maximum atomic E-state index is 11.5. The molecule has 1 aromatic rings. The van der Waals surface area contributed by atoms with E-state index in [0.717, 1.165) is 6.54 Å². The number of aromatic nitrogens is 3. The summed E-state index contributed by atoms with van der Waals surface area (Å²) in [4.78, 5) is 15.2. The molecule has 0 unspecified atom stereocenters. The molecule has 0 aliphatic heterocycles. The molecule has 0 aromatic carbocycles. The summed E-state index contributed by atoms with van der Waals surface area (Å²) >= 11 is 0. The number of hydrogen-bond acceptors (Lipinski definition) is 4. The first kappa shape index (κ1) is 9.95. The Balaban J connectivity index is 1.77. The van der Waals surface area contributed by atoms with Crippen LogP contribution in [0.4, 0.5) is 5.95 Å². The van der Waals surface area contributed by atoms with E-state index in [1.54, 1.807) is 0 Å². The molecule has 0 saturated heterocycles. The van der Waals surface area contributed by atoms with Crippen molar-refractivity contribution in [1.29, 1.82) is 0 Å². The van der Waals surface area contributed by atoms with Crippen molar-refractivity contribution >= 4 is 11.9 Å². The van der Waals surface area contributed by atoms with Crippen molar-refractivity contribution in [1.82, 2.24) is 20.1 Å². The number of nitrogens with two attached hydrogens (primary N) is 1. The van der Waals surface area contributed by atoms with Crippen molar-refractivity contribution in [2.75, 3.05) is 12.3 Å². The summed E-state index contributed by atoms with van der Waals surface area (Å²) in [6, 6.07) is 0. The van der Waals surface area contributed by atoms with Crippen LogP contribution in [0.1, 0.15) is 19.8 Å². The highest BCUT2D eigenvalue weighted by atomic mass is 16.2. The fraction of sp³-hybridized carbons (Fsp3) is 0.667. The molecule has 15 heavy (non-hydrogen) atoms. The lowest BCUT2D eigenvalue weighted by molar-refractivity contribution is -0.122. The van der Waals surface area contributed by atoms with Gasteiger partial charge in [0.15, 0.2) is 0 Å². The molecule has 0 atom stereocenters. The molecule has 6 heteroatoms. The van der Waals surface area contributed by atoms with Crippen molar-refractivity contribution in [3.63, 3.8) is 0 Å². The summed E-state index contributed by atoms with van der Waals surface area (Å²) in [5.41, 5.74) is 5.66. The molecule has 2 rings (SSSR count). The van der Waals surface area contributed by atoms with E-state index in [4.69, 9.17) is 5.73 Å². The molecule has 1 saturated carbocycles. The number of nitrogens with one attached hydrogen (secondary N) is 1. The molecular weight excluding hydrogens is 194 g/mol. The predicted octanol–water partition coefficient (Wildman–Crippen LogP) is -0.223. The van der Waals surface area contributed by atoms with Crippen LogP contribution in [-0.2, 0) is 11.3 Å². The molecule has 0 bridgehead atoms. The highest BCUT2D eigenvalue weighted by Crippen LogP contribution is 2.43. The summed E-state index contributed by atoms with van der Waals surface area (Å²) in [6.07, 6.45) is 3.85. The van der Waals surface area contributed by atoms with E-state index in [1.165, 1.54) is 23.9 Å². The van der Waals surface area contributed by atoms with Crippen LogP contribution in [0.2, 0.25) is 0 Å². The third-order valence-corrected chi connectivity index (χ3v) is 2.68. The van der Waals surface area contributed by atoms with E-state index < -0.39 is 0 Å². The molecule has 6 nitrogen and oxygen atoms in total. The molecule has 1 aromatic heterocycles. The van der Waals surface area contributed by atoms with Gasteiger partial charge in [0, 0.05) is 6.54 Å². The second-order valence-electron chi connectivity index (χ2n) is 4.39. The van der Waals surface area contributed by atoms with Gasteiger partial charge in [-0.2, -0.15) is 0 Å². The Morgan fingerprint density at radius 3 is 3.00 bits per heavy atom. The Bertz CT molecular complexity index is 368. The fourth-order valence-corrected chi connectivity index (χ4v) is 1.29. The van der Waals surface area contributed by atoms with E-state index in [9.17, 15) is 4.79 Å². The molecule has 1 amide bonds. The maximum absolute atomic E-state index is 11.5. The molecule has 1 aliphatic carbocycles. The highest BCUT2D eigenvalue weighted by molar-refractivity contribution is 5.75. The molecule has 0 radical (unpaired) electrons. The maximum Gasteiger partial charge on any atom is 0.241 e. The minimum absolute atomic E-state index is 0.0481. The van der Waals surface area contributed by atoms with Gasteiger partial charge in [-0.05, 0) is 18.3 Å². The van der Waals surface area contributed by atoms with Crippen LogP contribution in [0.15, 0.2) is 6.33 Å². The van der Waals surface area contributed by atoms with Gasteiger partial charge in [-0.3, -0.25) is 4.79 Å². The largest absolute Gasteiger partial charge is 0.367 e. The van der Waals surface area contributed by atoms with E-state index in [1.807, 2.05) is 0 Å². The molecule has 82 valence electrons. The van der Waals surface area contributed by atoms with Gasteiger partial charge in [0.2, 0.25) is 11.9 Å². The van der Waals surface area contributed by atoms with E-state index in [-0.39, 0.29) is 18.4 Å². The van der Waals surface area contributed by atoms with Gasteiger partial charge in [0.1, 0.15) is 12.9 Å². The van der Waals surface area contributed by atoms with E-state index >= 15 is 0 Å². The minimum Gasteiger partial charge on any atom is -0.367 e.